The molecule has 3 aromatic rings. The Bertz CT molecular complexity index is 963. The summed E-state index contributed by atoms with van der Waals surface area (Å²) < 4.78 is 1.65. The minimum Gasteiger partial charge on any atom is -0.308 e. The number of carbonyl (C=O) groups excluding carboxylic acids is 1. The van der Waals surface area contributed by atoms with Crippen molar-refractivity contribution in [3.05, 3.63) is 82.0 Å². The molecule has 0 aliphatic heterocycles. The third kappa shape index (κ3) is 3.38. The van der Waals surface area contributed by atoms with Gasteiger partial charge >= 0.3 is 0 Å². The normalized spacial score (nSPS) is 10.4. The fourth-order valence-corrected chi connectivity index (χ4v) is 2.27. The summed E-state index contributed by atoms with van der Waals surface area (Å²) in [4.78, 5) is 33.1. The van der Waals surface area contributed by atoms with E-state index in [1.165, 1.54) is 12.3 Å². The van der Waals surface area contributed by atoms with Gasteiger partial charge in [0.25, 0.3) is 5.91 Å². The smallest absolute Gasteiger partial charge is 0.262 e. The van der Waals surface area contributed by atoms with Crippen molar-refractivity contribution < 1.29 is 4.79 Å². The standard InChI is InChI=1S/C18H16N4O2/c1-12-5-3-7-16(19-12)21-18(24)14-11-22(10-9-15(14)23)17-8-4-6-13(2)20-17/h3-11H,1-2H3,(H,19,21,24). The molecule has 24 heavy (non-hydrogen) atoms. The van der Waals surface area contributed by atoms with Crippen LogP contribution in [0.1, 0.15) is 21.7 Å². The predicted octanol–water partition coefficient (Wildman–Crippen LogP) is 2.50. The molecule has 0 aliphatic rings. The number of nitrogens with one attached hydrogen (secondary N) is 1. The molecule has 3 aromatic heterocycles. The lowest BCUT2D eigenvalue weighted by Crippen LogP contribution is -2.23. The van der Waals surface area contributed by atoms with Gasteiger partial charge in [-0.1, -0.05) is 12.1 Å². The van der Waals surface area contributed by atoms with Crippen LogP contribution in [0.4, 0.5) is 5.82 Å². The van der Waals surface area contributed by atoms with E-state index in [-0.39, 0.29) is 11.0 Å². The van der Waals surface area contributed by atoms with Crippen molar-refractivity contribution in [1.82, 2.24) is 14.5 Å². The summed E-state index contributed by atoms with van der Waals surface area (Å²) in [6.07, 6.45) is 3.07. The lowest BCUT2D eigenvalue weighted by Gasteiger charge is -2.09. The number of carbonyl (C=O) groups is 1. The van der Waals surface area contributed by atoms with Crippen molar-refractivity contribution in [2.75, 3.05) is 5.32 Å². The molecule has 0 saturated heterocycles. The first-order chi connectivity index (χ1) is 11.5. The van der Waals surface area contributed by atoms with Gasteiger partial charge in [-0.2, -0.15) is 0 Å². The Morgan fingerprint density at radius 2 is 1.71 bits per heavy atom. The van der Waals surface area contributed by atoms with Crippen LogP contribution in [0.25, 0.3) is 5.82 Å². The topological polar surface area (TPSA) is 76.9 Å². The summed E-state index contributed by atoms with van der Waals surface area (Å²) in [5.74, 6) is 0.543. The van der Waals surface area contributed by atoms with Crippen molar-refractivity contribution in [3.63, 3.8) is 0 Å². The zero-order valence-corrected chi connectivity index (χ0v) is 13.4. The summed E-state index contributed by atoms with van der Waals surface area (Å²) in [7, 11) is 0. The lowest BCUT2D eigenvalue weighted by molar-refractivity contribution is 0.102. The van der Waals surface area contributed by atoms with Crippen molar-refractivity contribution in [2.24, 2.45) is 0 Å². The minimum atomic E-state index is -0.500. The molecule has 0 unspecified atom stereocenters. The van der Waals surface area contributed by atoms with Gasteiger partial charge in [0.05, 0.1) is 0 Å². The summed E-state index contributed by atoms with van der Waals surface area (Å²) in [6.45, 7) is 3.71. The van der Waals surface area contributed by atoms with Gasteiger partial charge < -0.3 is 9.88 Å². The molecule has 0 aromatic carbocycles. The molecule has 1 amide bonds. The van der Waals surface area contributed by atoms with E-state index in [4.69, 9.17) is 0 Å². The number of rotatable bonds is 3. The number of hydrogen-bond acceptors (Lipinski definition) is 4. The second-order valence-corrected chi connectivity index (χ2v) is 5.39. The Kier molecular flexibility index (Phi) is 4.20. The number of aryl methyl sites for hydroxylation is 2. The molecule has 6 nitrogen and oxygen atoms in total. The van der Waals surface area contributed by atoms with Gasteiger partial charge in [0.2, 0.25) is 0 Å². The second-order valence-electron chi connectivity index (χ2n) is 5.39. The van der Waals surface area contributed by atoms with Gasteiger partial charge in [0.1, 0.15) is 17.2 Å². The van der Waals surface area contributed by atoms with Gasteiger partial charge in [-0.25, -0.2) is 9.97 Å². The van der Waals surface area contributed by atoms with Crippen LogP contribution < -0.4 is 10.7 Å². The molecule has 0 saturated carbocycles. The number of nitrogens with zero attached hydrogens (tertiary/aromatic N) is 3. The Morgan fingerprint density at radius 1 is 1.00 bits per heavy atom. The fourth-order valence-electron chi connectivity index (χ4n) is 2.27. The van der Waals surface area contributed by atoms with Crippen molar-refractivity contribution in [1.29, 1.82) is 0 Å². The maximum Gasteiger partial charge on any atom is 0.262 e. The van der Waals surface area contributed by atoms with Crippen LogP contribution in [-0.2, 0) is 0 Å². The summed E-state index contributed by atoms with van der Waals surface area (Å²) in [6, 6.07) is 12.2. The summed E-state index contributed by atoms with van der Waals surface area (Å²) in [5.41, 5.74) is 1.30. The SMILES string of the molecule is Cc1cccc(NC(=O)c2cn(-c3cccc(C)n3)ccc2=O)n1. The highest BCUT2D eigenvalue weighted by molar-refractivity contribution is 6.03. The second kappa shape index (κ2) is 6.45. The number of hydrogen-bond donors (Lipinski definition) is 1. The van der Waals surface area contributed by atoms with Gasteiger partial charge in [0, 0.05) is 29.8 Å². The quantitative estimate of drug-likeness (QED) is 0.804. The average Bonchev–Trinajstić information content (AvgIpc) is 2.55. The van der Waals surface area contributed by atoms with Gasteiger partial charge in [-0.15, -0.1) is 0 Å². The summed E-state index contributed by atoms with van der Waals surface area (Å²) >= 11 is 0. The molecule has 0 bridgehead atoms. The molecule has 0 spiro atoms. The zero-order valence-electron chi connectivity index (χ0n) is 13.4. The Hall–Kier alpha value is -3.28. The van der Waals surface area contributed by atoms with E-state index < -0.39 is 5.91 Å². The van der Waals surface area contributed by atoms with E-state index in [1.54, 1.807) is 29.0 Å². The van der Waals surface area contributed by atoms with Gasteiger partial charge in [-0.3, -0.25) is 9.59 Å². The number of anilines is 1. The average molecular weight is 320 g/mol. The van der Waals surface area contributed by atoms with Crippen molar-refractivity contribution >= 4 is 11.7 Å². The van der Waals surface area contributed by atoms with E-state index >= 15 is 0 Å². The molecule has 3 rings (SSSR count). The highest BCUT2D eigenvalue weighted by Crippen LogP contribution is 2.08. The molecular weight excluding hydrogens is 304 g/mol. The van der Waals surface area contributed by atoms with E-state index in [9.17, 15) is 9.59 Å². The van der Waals surface area contributed by atoms with E-state index in [0.29, 0.717) is 11.6 Å². The lowest BCUT2D eigenvalue weighted by atomic mass is 10.2. The minimum absolute atomic E-state index is 0.0316. The third-order valence-electron chi connectivity index (χ3n) is 3.43. The van der Waals surface area contributed by atoms with Crippen LogP contribution in [0, 0.1) is 13.8 Å². The molecular formula is C18H16N4O2. The zero-order chi connectivity index (χ0) is 17.1. The first-order valence-electron chi connectivity index (χ1n) is 7.44. The molecule has 0 aliphatic carbocycles. The largest absolute Gasteiger partial charge is 0.308 e. The van der Waals surface area contributed by atoms with Crippen LogP contribution in [0.15, 0.2) is 59.7 Å². The summed E-state index contributed by atoms with van der Waals surface area (Å²) in [5, 5.41) is 2.65. The molecule has 0 atom stereocenters. The molecule has 1 N–H and O–H groups in total. The van der Waals surface area contributed by atoms with Crippen molar-refractivity contribution in [2.45, 2.75) is 13.8 Å². The molecule has 120 valence electrons. The Balaban J connectivity index is 1.94. The fraction of sp³-hybridized carbons (Fsp3) is 0.111. The highest BCUT2D eigenvalue weighted by atomic mass is 16.2. The third-order valence-corrected chi connectivity index (χ3v) is 3.43. The van der Waals surface area contributed by atoms with Gasteiger partial charge in [0.15, 0.2) is 5.43 Å². The Labute approximate surface area is 138 Å². The monoisotopic (exact) mass is 320 g/mol. The molecule has 3 heterocycles. The van der Waals surface area contributed by atoms with E-state index in [2.05, 4.69) is 15.3 Å². The predicted molar refractivity (Wildman–Crippen MR) is 91.5 cm³/mol. The van der Waals surface area contributed by atoms with Crippen LogP contribution in [0.5, 0.6) is 0 Å². The van der Waals surface area contributed by atoms with E-state index in [1.807, 2.05) is 32.0 Å². The number of aromatic nitrogens is 3. The van der Waals surface area contributed by atoms with Crippen LogP contribution in [0.2, 0.25) is 0 Å². The molecule has 6 heteroatoms. The maximum absolute atomic E-state index is 12.4. The first kappa shape index (κ1) is 15.6. The van der Waals surface area contributed by atoms with Crippen LogP contribution in [0.3, 0.4) is 0 Å². The first-order valence-corrected chi connectivity index (χ1v) is 7.44. The number of pyridine rings is 3. The van der Waals surface area contributed by atoms with E-state index in [0.717, 1.165) is 11.4 Å². The van der Waals surface area contributed by atoms with Gasteiger partial charge in [-0.05, 0) is 38.1 Å². The highest BCUT2D eigenvalue weighted by Gasteiger charge is 2.12. The molecule has 0 fully saturated rings. The number of amides is 1. The van der Waals surface area contributed by atoms with Crippen molar-refractivity contribution in [3.8, 4) is 5.82 Å². The maximum atomic E-state index is 12.4. The Morgan fingerprint density at radius 3 is 2.42 bits per heavy atom. The van der Waals surface area contributed by atoms with Crippen LogP contribution in [-0.4, -0.2) is 20.4 Å². The van der Waals surface area contributed by atoms with Crippen LogP contribution >= 0.6 is 0 Å². The molecule has 0 radical (unpaired) electrons.